The number of halogens is 1. The smallest absolute Gasteiger partial charge is 0.259 e. The number of amides is 1. The molecule has 2 aliphatic rings. The highest BCUT2D eigenvalue weighted by Gasteiger charge is 2.27. The van der Waals surface area contributed by atoms with E-state index in [0.29, 0.717) is 17.1 Å². The first-order chi connectivity index (χ1) is 10.7. The Balaban J connectivity index is 1.74. The number of carbonyl (C=O) groups is 1. The number of aryl methyl sites for hydroxylation is 1. The van der Waals surface area contributed by atoms with Gasteiger partial charge in [0.25, 0.3) is 5.91 Å². The Bertz CT molecular complexity index is 760. The lowest BCUT2D eigenvalue weighted by Crippen LogP contribution is -2.35. The fourth-order valence-electron chi connectivity index (χ4n) is 2.97. The van der Waals surface area contributed by atoms with E-state index in [2.05, 4.69) is 22.0 Å². The molecule has 0 atom stereocenters. The van der Waals surface area contributed by atoms with E-state index in [1.165, 1.54) is 5.56 Å². The molecule has 1 amide bonds. The molecule has 4 rings (SSSR count). The number of carbonyl (C=O) groups excluding carboxylic acids is 1. The maximum absolute atomic E-state index is 13.0. The predicted octanol–water partition coefficient (Wildman–Crippen LogP) is 3.77. The molecular formula is C17H14BrNO3. The Morgan fingerprint density at radius 3 is 2.77 bits per heavy atom. The van der Waals surface area contributed by atoms with Crippen molar-refractivity contribution in [2.45, 2.75) is 12.8 Å². The number of anilines is 1. The average molecular weight is 360 g/mol. The minimum Gasteiger partial charge on any atom is -0.454 e. The lowest BCUT2D eigenvalue weighted by Gasteiger charge is -2.29. The molecule has 0 N–H and O–H groups in total. The molecule has 0 aromatic heterocycles. The lowest BCUT2D eigenvalue weighted by molar-refractivity contribution is 0.0984. The van der Waals surface area contributed by atoms with E-state index >= 15 is 0 Å². The Hall–Kier alpha value is -2.01. The molecule has 2 heterocycles. The van der Waals surface area contributed by atoms with Gasteiger partial charge in [-0.2, -0.15) is 0 Å². The summed E-state index contributed by atoms with van der Waals surface area (Å²) in [4.78, 5) is 14.8. The van der Waals surface area contributed by atoms with Gasteiger partial charge in [-0.25, -0.2) is 0 Å². The quantitative estimate of drug-likeness (QED) is 0.777. The topological polar surface area (TPSA) is 38.8 Å². The third-order valence-electron chi connectivity index (χ3n) is 4.05. The van der Waals surface area contributed by atoms with Crippen molar-refractivity contribution >= 4 is 27.5 Å². The van der Waals surface area contributed by atoms with Gasteiger partial charge in [0.1, 0.15) is 0 Å². The summed E-state index contributed by atoms with van der Waals surface area (Å²) in [6.45, 7) is 0.933. The summed E-state index contributed by atoms with van der Waals surface area (Å²) in [7, 11) is 0. The number of hydrogen-bond donors (Lipinski definition) is 0. The average Bonchev–Trinajstić information content (AvgIpc) is 3.00. The van der Waals surface area contributed by atoms with Crippen LogP contribution in [0.25, 0.3) is 0 Å². The van der Waals surface area contributed by atoms with Crippen LogP contribution >= 0.6 is 15.9 Å². The maximum atomic E-state index is 13.0. The van der Waals surface area contributed by atoms with E-state index in [1.54, 1.807) is 12.1 Å². The summed E-state index contributed by atoms with van der Waals surface area (Å²) in [5.74, 6) is 1.27. The van der Waals surface area contributed by atoms with E-state index in [-0.39, 0.29) is 12.7 Å². The van der Waals surface area contributed by atoms with Crippen molar-refractivity contribution in [1.29, 1.82) is 0 Å². The van der Waals surface area contributed by atoms with Crippen LogP contribution in [0, 0.1) is 0 Å². The zero-order valence-electron chi connectivity index (χ0n) is 11.8. The van der Waals surface area contributed by atoms with Gasteiger partial charge < -0.3 is 14.4 Å². The molecule has 5 heteroatoms. The molecule has 4 nitrogen and oxygen atoms in total. The minimum atomic E-state index is -0.0164. The van der Waals surface area contributed by atoms with Crippen molar-refractivity contribution in [2.24, 2.45) is 0 Å². The van der Waals surface area contributed by atoms with Crippen LogP contribution in [0.5, 0.6) is 11.5 Å². The fourth-order valence-corrected chi connectivity index (χ4v) is 3.46. The molecule has 0 radical (unpaired) electrons. The van der Waals surface area contributed by atoms with Gasteiger partial charge in [0.2, 0.25) is 6.79 Å². The lowest BCUT2D eigenvalue weighted by atomic mass is 10.0. The van der Waals surface area contributed by atoms with Crippen molar-refractivity contribution in [1.82, 2.24) is 0 Å². The summed E-state index contributed by atoms with van der Waals surface area (Å²) in [5.41, 5.74) is 2.82. The molecule has 112 valence electrons. The SMILES string of the molecule is O=C(c1cc2c(cc1Br)OCO2)N1CCCc2ccccc21. The van der Waals surface area contributed by atoms with Crippen LogP contribution in [-0.2, 0) is 6.42 Å². The number of para-hydroxylation sites is 1. The second kappa shape index (κ2) is 5.32. The van der Waals surface area contributed by atoms with Crippen LogP contribution in [0.2, 0.25) is 0 Å². The highest BCUT2D eigenvalue weighted by molar-refractivity contribution is 9.10. The molecule has 0 saturated heterocycles. The van der Waals surface area contributed by atoms with Gasteiger partial charge >= 0.3 is 0 Å². The van der Waals surface area contributed by atoms with Gasteiger partial charge in [-0.3, -0.25) is 4.79 Å². The summed E-state index contributed by atoms with van der Waals surface area (Å²) in [6.07, 6.45) is 1.99. The molecule has 2 aromatic rings. The maximum Gasteiger partial charge on any atom is 0.259 e. The number of rotatable bonds is 1. The zero-order chi connectivity index (χ0) is 15.1. The van der Waals surface area contributed by atoms with Crippen molar-refractivity contribution in [2.75, 3.05) is 18.2 Å². The molecule has 2 aromatic carbocycles. The van der Waals surface area contributed by atoms with E-state index in [0.717, 1.165) is 29.5 Å². The van der Waals surface area contributed by atoms with Crippen LogP contribution in [0.15, 0.2) is 40.9 Å². The molecule has 0 unspecified atom stereocenters. The normalized spacial score (nSPS) is 15.6. The van der Waals surface area contributed by atoms with E-state index in [1.807, 2.05) is 23.1 Å². The first kappa shape index (κ1) is 13.6. The predicted molar refractivity (Wildman–Crippen MR) is 86.7 cm³/mol. The molecule has 0 aliphatic carbocycles. The van der Waals surface area contributed by atoms with Gasteiger partial charge in [0.15, 0.2) is 11.5 Å². The Kier molecular flexibility index (Phi) is 3.30. The van der Waals surface area contributed by atoms with E-state index in [4.69, 9.17) is 9.47 Å². The Morgan fingerprint density at radius 2 is 1.91 bits per heavy atom. The minimum absolute atomic E-state index is 0.0164. The van der Waals surface area contributed by atoms with Crippen molar-refractivity contribution in [3.8, 4) is 11.5 Å². The molecular weight excluding hydrogens is 346 g/mol. The van der Waals surface area contributed by atoms with Crippen LogP contribution < -0.4 is 14.4 Å². The molecule has 22 heavy (non-hydrogen) atoms. The standard InChI is InChI=1S/C17H14BrNO3/c18-13-9-16-15(21-10-22-16)8-12(13)17(20)19-7-3-5-11-4-1-2-6-14(11)19/h1-2,4,6,8-9H,3,5,7,10H2. The first-order valence-electron chi connectivity index (χ1n) is 7.23. The largest absolute Gasteiger partial charge is 0.454 e. The first-order valence-corrected chi connectivity index (χ1v) is 8.02. The third kappa shape index (κ3) is 2.16. The number of nitrogens with zero attached hydrogens (tertiary/aromatic N) is 1. The van der Waals surface area contributed by atoms with E-state index in [9.17, 15) is 4.79 Å². The number of ether oxygens (including phenoxy) is 2. The summed E-state index contributed by atoms with van der Waals surface area (Å²) >= 11 is 3.47. The van der Waals surface area contributed by atoms with Crippen molar-refractivity contribution < 1.29 is 14.3 Å². The Morgan fingerprint density at radius 1 is 1.14 bits per heavy atom. The highest BCUT2D eigenvalue weighted by Crippen LogP contribution is 2.38. The molecule has 2 aliphatic heterocycles. The van der Waals surface area contributed by atoms with E-state index < -0.39 is 0 Å². The summed E-state index contributed by atoms with van der Waals surface area (Å²) < 4.78 is 11.5. The molecule has 0 bridgehead atoms. The monoisotopic (exact) mass is 359 g/mol. The van der Waals surface area contributed by atoms with Crippen molar-refractivity contribution in [3.63, 3.8) is 0 Å². The number of benzene rings is 2. The summed E-state index contributed by atoms with van der Waals surface area (Å²) in [6, 6.07) is 11.6. The summed E-state index contributed by atoms with van der Waals surface area (Å²) in [5, 5.41) is 0. The molecule has 0 fully saturated rings. The molecule has 0 saturated carbocycles. The highest BCUT2D eigenvalue weighted by atomic mass is 79.9. The van der Waals surface area contributed by atoms with Gasteiger partial charge in [-0.05, 0) is 52.5 Å². The fraction of sp³-hybridized carbons (Fsp3) is 0.235. The molecule has 0 spiro atoms. The van der Waals surface area contributed by atoms with Gasteiger partial charge in [0, 0.05) is 16.7 Å². The van der Waals surface area contributed by atoms with Gasteiger partial charge in [-0.1, -0.05) is 18.2 Å². The zero-order valence-corrected chi connectivity index (χ0v) is 13.4. The number of fused-ring (bicyclic) bond motifs is 2. The van der Waals surface area contributed by atoms with Crippen LogP contribution in [0.4, 0.5) is 5.69 Å². The van der Waals surface area contributed by atoms with Crippen LogP contribution in [0.3, 0.4) is 0 Å². The third-order valence-corrected chi connectivity index (χ3v) is 4.70. The van der Waals surface area contributed by atoms with Crippen LogP contribution in [0.1, 0.15) is 22.3 Å². The second-order valence-electron chi connectivity index (χ2n) is 5.37. The van der Waals surface area contributed by atoms with Crippen LogP contribution in [-0.4, -0.2) is 19.2 Å². The Labute approximate surface area is 136 Å². The van der Waals surface area contributed by atoms with Gasteiger partial charge in [0.05, 0.1) is 5.56 Å². The second-order valence-corrected chi connectivity index (χ2v) is 6.23. The number of hydrogen-bond acceptors (Lipinski definition) is 3. The van der Waals surface area contributed by atoms with Crippen molar-refractivity contribution in [3.05, 3.63) is 52.0 Å². The van der Waals surface area contributed by atoms with Gasteiger partial charge in [-0.15, -0.1) is 0 Å².